The SMILES string of the molecule is CC#CCC(C)[C@@H](C=C[C@@H]1[C@@H](CC=CCCCC(=O)O)[C@@H](O)C[C@H]1C)OC1CCCCO1. The van der Waals surface area contributed by atoms with Gasteiger partial charge in [0.25, 0.3) is 0 Å². The number of aliphatic carboxylic acids is 1. The van der Waals surface area contributed by atoms with E-state index in [1.165, 1.54) is 0 Å². The maximum Gasteiger partial charge on any atom is 0.303 e. The average molecular weight is 447 g/mol. The summed E-state index contributed by atoms with van der Waals surface area (Å²) in [6, 6.07) is 0. The smallest absolute Gasteiger partial charge is 0.303 e. The molecule has 2 unspecified atom stereocenters. The van der Waals surface area contributed by atoms with Gasteiger partial charge < -0.3 is 19.7 Å². The van der Waals surface area contributed by atoms with E-state index in [1.54, 1.807) is 0 Å². The highest BCUT2D eigenvalue weighted by atomic mass is 16.7. The third-order valence-electron chi connectivity index (χ3n) is 6.73. The van der Waals surface area contributed by atoms with Gasteiger partial charge in [-0.15, -0.1) is 11.8 Å². The van der Waals surface area contributed by atoms with Gasteiger partial charge in [0.05, 0.1) is 12.2 Å². The first-order valence-electron chi connectivity index (χ1n) is 12.3. The summed E-state index contributed by atoms with van der Waals surface area (Å²) in [4.78, 5) is 10.6. The number of ether oxygens (including phenoxy) is 2. The van der Waals surface area contributed by atoms with Gasteiger partial charge in [-0.3, -0.25) is 4.79 Å². The Bertz CT molecular complexity index is 667. The summed E-state index contributed by atoms with van der Waals surface area (Å²) < 4.78 is 12.2. The molecule has 0 radical (unpaired) electrons. The minimum Gasteiger partial charge on any atom is -0.481 e. The highest BCUT2D eigenvalue weighted by Gasteiger charge is 2.38. The van der Waals surface area contributed by atoms with Crippen molar-refractivity contribution in [1.82, 2.24) is 0 Å². The number of hydrogen-bond acceptors (Lipinski definition) is 4. The lowest BCUT2D eigenvalue weighted by Gasteiger charge is -2.29. The van der Waals surface area contributed by atoms with Gasteiger partial charge in [0, 0.05) is 19.4 Å². The second-order valence-corrected chi connectivity index (χ2v) is 9.40. The quantitative estimate of drug-likeness (QED) is 0.240. The van der Waals surface area contributed by atoms with E-state index in [2.05, 4.69) is 50.0 Å². The number of carboxylic acid groups (broad SMARTS) is 1. The van der Waals surface area contributed by atoms with Crippen molar-refractivity contribution in [3.63, 3.8) is 0 Å². The first-order chi connectivity index (χ1) is 15.4. The Hall–Kier alpha value is -1.61. The standard InChI is InChI=1S/C27H42O5/c1-4-5-12-20(2)25(32-27-15-10-11-18-31-27)17-16-22-21(3)19-24(28)23(22)13-8-6-7-9-14-26(29)30/h6,8,16-17,20-25,27-28H,7,9-15,18-19H2,1-3H3,(H,29,30)/t20?,21-,22+,23-,24+,25-,27?/m1/s1. The molecule has 1 saturated heterocycles. The number of aliphatic hydroxyl groups is 1. The molecule has 1 aliphatic carbocycles. The van der Waals surface area contributed by atoms with Gasteiger partial charge in [-0.25, -0.2) is 0 Å². The van der Waals surface area contributed by atoms with Crippen molar-refractivity contribution in [2.45, 2.75) is 97.1 Å². The van der Waals surface area contributed by atoms with E-state index in [9.17, 15) is 9.90 Å². The zero-order chi connectivity index (χ0) is 23.3. The van der Waals surface area contributed by atoms with Crippen molar-refractivity contribution in [2.75, 3.05) is 6.61 Å². The molecule has 2 rings (SSSR count). The first-order valence-corrected chi connectivity index (χ1v) is 12.3. The van der Waals surface area contributed by atoms with Crippen LogP contribution in [-0.4, -0.2) is 41.3 Å². The number of hydrogen-bond donors (Lipinski definition) is 2. The molecule has 1 saturated carbocycles. The molecule has 0 aromatic carbocycles. The van der Waals surface area contributed by atoms with Crippen LogP contribution in [0.2, 0.25) is 0 Å². The highest BCUT2D eigenvalue weighted by Crippen LogP contribution is 2.40. The van der Waals surface area contributed by atoms with Crippen LogP contribution in [0.1, 0.15) is 78.6 Å². The van der Waals surface area contributed by atoms with Crippen molar-refractivity contribution in [1.29, 1.82) is 0 Å². The van der Waals surface area contributed by atoms with Gasteiger partial charge in [0.1, 0.15) is 0 Å². The van der Waals surface area contributed by atoms with E-state index in [0.29, 0.717) is 12.3 Å². The Morgan fingerprint density at radius 3 is 2.81 bits per heavy atom. The van der Waals surface area contributed by atoms with Crippen LogP contribution < -0.4 is 0 Å². The molecule has 5 nitrogen and oxygen atoms in total. The zero-order valence-electron chi connectivity index (χ0n) is 20.0. The highest BCUT2D eigenvalue weighted by molar-refractivity contribution is 5.66. The molecule has 0 spiro atoms. The predicted molar refractivity (Wildman–Crippen MR) is 127 cm³/mol. The fraction of sp³-hybridized carbons (Fsp3) is 0.741. The van der Waals surface area contributed by atoms with Crippen molar-refractivity contribution >= 4 is 5.97 Å². The fourth-order valence-corrected chi connectivity index (χ4v) is 4.76. The van der Waals surface area contributed by atoms with E-state index in [-0.39, 0.29) is 42.7 Å². The number of rotatable bonds is 12. The molecule has 2 N–H and O–H groups in total. The summed E-state index contributed by atoms with van der Waals surface area (Å²) in [5.74, 6) is 6.54. The topological polar surface area (TPSA) is 76.0 Å². The number of carboxylic acids is 1. The minimum absolute atomic E-state index is 0.0592. The van der Waals surface area contributed by atoms with Gasteiger partial charge in [0.15, 0.2) is 6.29 Å². The second-order valence-electron chi connectivity index (χ2n) is 9.40. The number of allylic oxidation sites excluding steroid dienone is 3. The summed E-state index contributed by atoms with van der Waals surface area (Å²) >= 11 is 0. The first kappa shape index (κ1) is 26.6. The number of aliphatic hydroxyl groups excluding tert-OH is 1. The molecule has 0 bridgehead atoms. The monoisotopic (exact) mass is 446 g/mol. The largest absolute Gasteiger partial charge is 0.481 e. The normalized spacial score (nSPS) is 30.3. The summed E-state index contributed by atoms with van der Waals surface area (Å²) in [7, 11) is 0. The molecular formula is C27H42O5. The van der Waals surface area contributed by atoms with Crippen LogP contribution in [0.3, 0.4) is 0 Å². The summed E-state index contributed by atoms with van der Waals surface area (Å²) in [5.41, 5.74) is 0. The lowest BCUT2D eigenvalue weighted by molar-refractivity contribution is -0.186. The molecule has 2 fully saturated rings. The van der Waals surface area contributed by atoms with Crippen LogP contribution in [0.5, 0.6) is 0 Å². The van der Waals surface area contributed by atoms with Crippen LogP contribution in [0.25, 0.3) is 0 Å². The van der Waals surface area contributed by atoms with E-state index >= 15 is 0 Å². The number of carbonyl (C=O) groups is 1. The third-order valence-corrected chi connectivity index (χ3v) is 6.73. The molecular weight excluding hydrogens is 404 g/mol. The molecule has 5 heteroatoms. The van der Waals surface area contributed by atoms with Gasteiger partial charge in [-0.1, -0.05) is 38.2 Å². The Labute approximate surface area is 194 Å². The lowest BCUT2D eigenvalue weighted by Crippen LogP contribution is -2.30. The molecule has 0 amide bonds. The van der Waals surface area contributed by atoms with Crippen molar-refractivity contribution in [3.05, 3.63) is 24.3 Å². The van der Waals surface area contributed by atoms with E-state index in [4.69, 9.17) is 14.6 Å². The number of unbranched alkanes of at least 4 members (excludes halogenated alkanes) is 1. The maximum atomic E-state index is 10.6. The van der Waals surface area contributed by atoms with Crippen LogP contribution in [0.4, 0.5) is 0 Å². The average Bonchev–Trinajstić information content (AvgIpc) is 3.04. The molecule has 0 aromatic heterocycles. The Morgan fingerprint density at radius 1 is 1.31 bits per heavy atom. The molecule has 7 atom stereocenters. The molecule has 180 valence electrons. The lowest BCUT2D eigenvalue weighted by atomic mass is 9.86. The van der Waals surface area contributed by atoms with Crippen LogP contribution >= 0.6 is 0 Å². The fourth-order valence-electron chi connectivity index (χ4n) is 4.76. The summed E-state index contributed by atoms with van der Waals surface area (Å²) in [6.45, 7) is 7.01. The Morgan fingerprint density at radius 2 is 2.12 bits per heavy atom. The van der Waals surface area contributed by atoms with Gasteiger partial charge in [-0.05, 0) is 75.5 Å². The van der Waals surface area contributed by atoms with Crippen molar-refractivity contribution in [2.24, 2.45) is 23.7 Å². The van der Waals surface area contributed by atoms with Crippen molar-refractivity contribution in [3.8, 4) is 11.8 Å². The summed E-state index contributed by atoms with van der Waals surface area (Å²) in [6.07, 6.45) is 15.3. The van der Waals surface area contributed by atoms with E-state index in [1.807, 2.05) is 6.92 Å². The second kappa shape index (κ2) is 14.5. The van der Waals surface area contributed by atoms with Crippen LogP contribution in [0, 0.1) is 35.5 Å². The van der Waals surface area contributed by atoms with Crippen molar-refractivity contribution < 1.29 is 24.5 Å². The molecule has 1 heterocycles. The van der Waals surface area contributed by atoms with Gasteiger partial charge in [0.2, 0.25) is 0 Å². The van der Waals surface area contributed by atoms with E-state index in [0.717, 1.165) is 51.6 Å². The molecule has 0 aromatic rings. The van der Waals surface area contributed by atoms with E-state index < -0.39 is 5.97 Å². The van der Waals surface area contributed by atoms with Crippen LogP contribution in [0.15, 0.2) is 24.3 Å². The zero-order valence-corrected chi connectivity index (χ0v) is 20.0. The molecule has 32 heavy (non-hydrogen) atoms. The maximum absolute atomic E-state index is 10.6. The van der Waals surface area contributed by atoms with Gasteiger partial charge >= 0.3 is 5.97 Å². The molecule has 1 aliphatic heterocycles. The predicted octanol–water partition coefficient (Wildman–Crippen LogP) is 5.34. The minimum atomic E-state index is -0.752. The summed E-state index contributed by atoms with van der Waals surface area (Å²) in [5, 5.41) is 19.4. The Kier molecular flexibility index (Phi) is 12.1. The molecule has 2 aliphatic rings. The Balaban J connectivity index is 2.00. The third kappa shape index (κ3) is 9.10. The van der Waals surface area contributed by atoms with Crippen LogP contribution in [-0.2, 0) is 14.3 Å². The van der Waals surface area contributed by atoms with Gasteiger partial charge in [-0.2, -0.15) is 0 Å².